The third kappa shape index (κ3) is 5.40. The number of aromatic nitrogens is 3. The first-order valence-corrected chi connectivity index (χ1v) is 13.3. The fourth-order valence-electron chi connectivity index (χ4n) is 5.36. The highest BCUT2D eigenvalue weighted by atomic mass is 16.4. The number of hydrogen-bond acceptors (Lipinski definition) is 4. The molecule has 0 saturated carbocycles. The van der Waals surface area contributed by atoms with Crippen LogP contribution in [0.5, 0.6) is 0 Å². The molecule has 6 rings (SSSR count). The number of benzene rings is 3. The number of fused-ring (bicyclic) bond motifs is 1. The Morgan fingerprint density at radius 2 is 1.76 bits per heavy atom. The summed E-state index contributed by atoms with van der Waals surface area (Å²) in [5.41, 5.74) is 5.93. The summed E-state index contributed by atoms with van der Waals surface area (Å²) in [5.74, 6) is -0.748. The van der Waals surface area contributed by atoms with Crippen LogP contribution in [-0.2, 0) is 9.59 Å². The van der Waals surface area contributed by atoms with Crippen LogP contribution in [0.3, 0.4) is 0 Å². The number of likely N-dealkylation sites (tertiary alicyclic amines) is 1. The van der Waals surface area contributed by atoms with Crippen molar-refractivity contribution in [1.82, 2.24) is 25.2 Å². The van der Waals surface area contributed by atoms with Crippen molar-refractivity contribution in [2.24, 2.45) is 0 Å². The molecule has 5 aromatic rings. The second-order valence-corrected chi connectivity index (χ2v) is 9.99. The lowest BCUT2D eigenvalue weighted by Crippen LogP contribution is -2.48. The van der Waals surface area contributed by atoms with E-state index in [0.717, 1.165) is 33.4 Å². The second kappa shape index (κ2) is 11.0. The molecule has 10 nitrogen and oxygen atoms in total. The van der Waals surface area contributed by atoms with Crippen molar-refractivity contribution < 1.29 is 19.5 Å². The van der Waals surface area contributed by atoms with Crippen molar-refractivity contribution in [1.29, 1.82) is 0 Å². The Hall–Kier alpha value is -5.38. The molecule has 206 valence electrons. The van der Waals surface area contributed by atoms with Crippen LogP contribution in [0.2, 0.25) is 0 Å². The predicted molar refractivity (Wildman–Crippen MR) is 155 cm³/mol. The summed E-state index contributed by atoms with van der Waals surface area (Å²) < 4.78 is 0. The van der Waals surface area contributed by atoms with E-state index < -0.39 is 24.1 Å². The van der Waals surface area contributed by atoms with Gasteiger partial charge in [0.25, 0.3) is 5.91 Å². The van der Waals surface area contributed by atoms with Crippen molar-refractivity contribution >= 4 is 34.5 Å². The van der Waals surface area contributed by atoms with Crippen LogP contribution in [0, 0.1) is 0 Å². The van der Waals surface area contributed by atoms with Crippen molar-refractivity contribution in [2.75, 3.05) is 11.9 Å². The molecule has 0 aliphatic carbocycles. The molecule has 3 aromatic carbocycles. The third-order valence-electron chi connectivity index (χ3n) is 7.36. The lowest BCUT2D eigenvalue weighted by molar-refractivity contribution is -0.138. The molecule has 1 aliphatic heterocycles. The number of carbonyl (C=O) groups is 3. The fraction of sp³-hybridized carbons (Fsp3) is 0.161. The highest BCUT2D eigenvalue weighted by Crippen LogP contribution is 2.29. The summed E-state index contributed by atoms with van der Waals surface area (Å²) in [4.78, 5) is 50.4. The van der Waals surface area contributed by atoms with Crippen LogP contribution in [0.15, 0.2) is 91.4 Å². The minimum atomic E-state index is -1.31. The molecule has 5 N–H and O–H groups in total. The van der Waals surface area contributed by atoms with Gasteiger partial charge in [-0.3, -0.25) is 9.59 Å². The summed E-state index contributed by atoms with van der Waals surface area (Å²) in [7, 11) is 0. The van der Waals surface area contributed by atoms with E-state index in [2.05, 4.69) is 25.6 Å². The Labute approximate surface area is 235 Å². The number of imidazole rings is 1. The van der Waals surface area contributed by atoms with Crippen LogP contribution < -0.4 is 10.6 Å². The van der Waals surface area contributed by atoms with Gasteiger partial charge in [0, 0.05) is 40.6 Å². The summed E-state index contributed by atoms with van der Waals surface area (Å²) >= 11 is 0. The predicted octanol–water partition coefficient (Wildman–Crippen LogP) is 5.16. The van der Waals surface area contributed by atoms with Crippen LogP contribution in [0.25, 0.3) is 33.4 Å². The normalized spacial score (nSPS) is 15.5. The largest absolute Gasteiger partial charge is 0.465 e. The summed E-state index contributed by atoms with van der Waals surface area (Å²) in [5, 5.41) is 15.6. The maximum absolute atomic E-state index is 13.5. The molecule has 1 saturated heterocycles. The number of hydrogen-bond donors (Lipinski definition) is 5. The smallest absolute Gasteiger partial charge is 0.405 e. The van der Waals surface area contributed by atoms with Crippen LogP contribution in [0.1, 0.15) is 24.4 Å². The van der Waals surface area contributed by atoms with E-state index in [4.69, 9.17) is 0 Å². The zero-order valence-corrected chi connectivity index (χ0v) is 22.0. The molecular formula is C31H28N6O4. The second-order valence-electron chi connectivity index (χ2n) is 9.99. The zero-order chi connectivity index (χ0) is 28.3. The molecule has 0 radical (unpaired) electrons. The van der Waals surface area contributed by atoms with Crippen molar-refractivity contribution in [3.63, 3.8) is 0 Å². The Bertz CT molecular complexity index is 1700. The molecule has 0 unspecified atom stereocenters. The van der Waals surface area contributed by atoms with Gasteiger partial charge in [-0.1, -0.05) is 54.6 Å². The van der Waals surface area contributed by atoms with Crippen molar-refractivity contribution in [2.45, 2.75) is 24.9 Å². The number of rotatable bonds is 7. The van der Waals surface area contributed by atoms with Crippen LogP contribution in [0.4, 0.5) is 10.5 Å². The molecule has 1 fully saturated rings. The van der Waals surface area contributed by atoms with Crippen LogP contribution in [-0.4, -0.2) is 55.5 Å². The van der Waals surface area contributed by atoms with Gasteiger partial charge in [-0.2, -0.15) is 0 Å². The van der Waals surface area contributed by atoms with Gasteiger partial charge >= 0.3 is 6.09 Å². The first-order valence-electron chi connectivity index (χ1n) is 13.3. The third-order valence-corrected chi connectivity index (χ3v) is 7.36. The average molecular weight is 549 g/mol. The number of nitrogens with one attached hydrogen (secondary N) is 4. The average Bonchev–Trinajstić information content (AvgIpc) is 3.77. The summed E-state index contributed by atoms with van der Waals surface area (Å²) in [6, 6.07) is 22.6. The molecule has 3 heterocycles. The maximum atomic E-state index is 13.5. The fourth-order valence-corrected chi connectivity index (χ4v) is 5.36. The van der Waals surface area contributed by atoms with E-state index in [9.17, 15) is 19.5 Å². The SMILES string of the molecule is O=C(O)N[C@@H](C(=O)N1CCC[C@H]1C(=O)Nc1ccc2[nH]c(-c3ccc(-c4c[nH]cn4)cc3)cc2c1)c1ccccc1. The maximum Gasteiger partial charge on any atom is 0.405 e. The van der Waals surface area contributed by atoms with Crippen molar-refractivity contribution in [3.05, 3.63) is 97.0 Å². The Balaban J connectivity index is 1.17. The quantitative estimate of drug-likeness (QED) is 0.191. The van der Waals surface area contributed by atoms with E-state index in [1.807, 2.05) is 54.7 Å². The summed E-state index contributed by atoms with van der Waals surface area (Å²) in [6.07, 6.45) is 3.34. The van der Waals surface area contributed by atoms with E-state index in [0.29, 0.717) is 30.6 Å². The molecule has 10 heteroatoms. The lowest BCUT2D eigenvalue weighted by atomic mass is 10.0. The molecule has 0 spiro atoms. The van der Waals surface area contributed by atoms with E-state index in [1.54, 1.807) is 36.7 Å². The van der Waals surface area contributed by atoms with Crippen LogP contribution >= 0.6 is 0 Å². The number of anilines is 1. The molecule has 2 atom stereocenters. The molecule has 41 heavy (non-hydrogen) atoms. The lowest BCUT2D eigenvalue weighted by Gasteiger charge is -2.28. The number of carboxylic acid groups (broad SMARTS) is 1. The molecular weight excluding hydrogens is 520 g/mol. The number of nitrogens with zero attached hydrogens (tertiary/aromatic N) is 2. The van der Waals surface area contributed by atoms with E-state index >= 15 is 0 Å². The number of amides is 3. The van der Waals surface area contributed by atoms with Gasteiger partial charge < -0.3 is 30.6 Å². The summed E-state index contributed by atoms with van der Waals surface area (Å²) in [6.45, 7) is 0.376. The van der Waals surface area contributed by atoms with Gasteiger partial charge in [0.15, 0.2) is 0 Å². The minimum absolute atomic E-state index is 0.304. The molecule has 0 bridgehead atoms. The Morgan fingerprint density at radius 1 is 0.976 bits per heavy atom. The first-order chi connectivity index (χ1) is 20.0. The zero-order valence-electron chi connectivity index (χ0n) is 22.0. The standard InChI is InChI=1S/C31H28N6O4/c38-29(27-7-4-14-37(27)30(39)28(36-31(40)41)21-5-2-1-3-6-21)34-23-12-13-24-22(15-23)16-25(35-24)19-8-10-20(11-9-19)26-17-32-18-33-26/h1-3,5-6,8-13,15-18,27-28,35-36H,4,7,14H2,(H,32,33)(H,34,38)(H,40,41)/t27-,28+/m0/s1. The highest BCUT2D eigenvalue weighted by molar-refractivity contribution is 6.00. The highest BCUT2D eigenvalue weighted by Gasteiger charge is 2.38. The molecule has 1 aliphatic rings. The molecule has 3 amide bonds. The topological polar surface area (TPSA) is 143 Å². The van der Waals surface area contributed by atoms with Gasteiger partial charge in [-0.05, 0) is 48.2 Å². The number of aromatic amines is 2. The van der Waals surface area contributed by atoms with Gasteiger partial charge in [-0.15, -0.1) is 0 Å². The number of H-pyrrole nitrogens is 2. The van der Waals surface area contributed by atoms with Gasteiger partial charge in [-0.25, -0.2) is 9.78 Å². The Kier molecular flexibility index (Phi) is 6.95. The van der Waals surface area contributed by atoms with Gasteiger partial charge in [0.05, 0.1) is 12.0 Å². The minimum Gasteiger partial charge on any atom is -0.465 e. The van der Waals surface area contributed by atoms with E-state index in [-0.39, 0.29) is 5.91 Å². The van der Waals surface area contributed by atoms with Gasteiger partial charge in [0.1, 0.15) is 12.1 Å². The number of carbonyl (C=O) groups excluding carboxylic acids is 2. The first kappa shape index (κ1) is 25.9. The monoisotopic (exact) mass is 548 g/mol. The Morgan fingerprint density at radius 3 is 2.49 bits per heavy atom. The van der Waals surface area contributed by atoms with Crippen molar-refractivity contribution in [3.8, 4) is 22.5 Å². The van der Waals surface area contributed by atoms with E-state index in [1.165, 1.54) is 4.90 Å². The van der Waals surface area contributed by atoms with Gasteiger partial charge in [0.2, 0.25) is 5.91 Å². The molecule has 2 aromatic heterocycles.